The predicted molar refractivity (Wildman–Crippen MR) is 68.2 cm³/mol. The Hall–Kier alpha value is -1.93. The van der Waals surface area contributed by atoms with Crippen molar-refractivity contribution in [2.45, 2.75) is 19.1 Å². The van der Waals surface area contributed by atoms with Crippen LogP contribution in [0.25, 0.3) is 11.5 Å². The minimum absolute atomic E-state index is 0.120. The molecule has 0 saturated carbocycles. The van der Waals surface area contributed by atoms with E-state index in [2.05, 4.69) is 14.9 Å². The summed E-state index contributed by atoms with van der Waals surface area (Å²) in [4.78, 5) is 4.10. The van der Waals surface area contributed by atoms with Crippen LogP contribution in [0.2, 0.25) is 0 Å². The number of alkyl halides is 3. The molecule has 0 aliphatic rings. The van der Waals surface area contributed by atoms with Crippen molar-refractivity contribution in [2.24, 2.45) is 5.73 Å². The van der Waals surface area contributed by atoms with Gasteiger partial charge in [-0.2, -0.15) is 18.2 Å². The molecule has 0 bridgehead atoms. The van der Waals surface area contributed by atoms with Crippen LogP contribution in [0.3, 0.4) is 0 Å². The highest BCUT2D eigenvalue weighted by Crippen LogP contribution is 2.18. The van der Waals surface area contributed by atoms with Crippen molar-refractivity contribution >= 4 is 0 Å². The van der Waals surface area contributed by atoms with E-state index in [0.717, 1.165) is 11.1 Å². The number of hydrogen-bond donors (Lipinski definition) is 1. The summed E-state index contributed by atoms with van der Waals surface area (Å²) in [6.07, 6.45) is -4.17. The first-order valence-electron chi connectivity index (χ1n) is 6.24. The van der Waals surface area contributed by atoms with Crippen LogP contribution in [-0.2, 0) is 17.7 Å². The van der Waals surface area contributed by atoms with Gasteiger partial charge in [0.25, 0.3) is 5.89 Å². The van der Waals surface area contributed by atoms with E-state index in [1.807, 2.05) is 12.1 Å². The number of rotatable bonds is 6. The zero-order valence-electron chi connectivity index (χ0n) is 11.1. The summed E-state index contributed by atoms with van der Waals surface area (Å²) in [5.41, 5.74) is 7.19. The average Bonchev–Trinajstić information content (AvgIpc) is 2.91. The van der Waals surface area contributed by atoms with Gasteiger partial charge in [0.1, 0.15) is 6.61 Å². The van der Waals surface area contributed by atoms with Crippen molar-refractivity contribution in [3.63, 3.8) is 0 Å². The van der Waals surface area contributed by atoms with Crippen LogP contribution in [-0.4, -0.2) is 29.5 Å². The maximum absolute atomic E-state index is 11.9. The molecule has 1 heterocycles. The number of hydrogen-bond acceptors (Lipinski definition) is 5. The van der Waals surface area contributed by atoms with Crippen LogP contribution in [0.1, 0.15) is 11.4 Å². The average molecular weight is 301 g/mol. The van der Waals surface area contributed by atoms with Gasteiger partial charge in [-0.25, -0.2) is 0 Å². The minimum atomic E-state index is -4.33. The molecular formula is C13H14F3N3O2. The second-order valence-corrected chi connectivity index (χ2v) is 4.33. The van der Waals surface area contributed by atoms with Crippen molar-refractivity contribution in [1.29, 1.82) is 0 Å². The Labute approximate surface area is 118 Å². The summed E-state index contributed by atoms with van der Waals surface area (Å²) < 4.78 is 45.2. The second-order valence-electron chi connectivity index (χ2n) is 4.33. The molecule has 114 valence electrons. The van der Waals surface area contributed by atoms with Gasteiger partial charge in [-0.15, -0.1) is 0 Å². The first-order valence-corrected chi connectivity index (χ1v) is 6.24. The summed E-state index contributed by atoms with van der Waals surface area (Å²) in [5.74, 6) is 0.611. The lowest BCUT2D eigenvalue weighted by Crippen LogP contribution is -2.18. The molecule has 0 atom stereocenters. The van der Waals surface area contributed by atoms with Crippen LogP contribution >= 0.6 is 0 Å². The molecule has 0 unspecified atom stereocenters. The number of ether oxygens (including phenoxy) is 1. The van der Waals surface area contributed by atoms with Crippen LogP contribution in [0.15, 0.2) is 28.8 Å². The lowest BCUT2D eigenvalue weighted by Gasteiger charge is -2.05. The van der Waals surface area contributed by atoms with Gasteiger partial charge in [0.05, 0.1) is 6.61 Å². The van der Waals surface area contributed by atoms with E-state index in [0.29, 0.717) is 18.3 Å². The maximum atomic E-state index is 11.9. The lowest BCUT2D eigenvalue weighted by atomic mass is 10.1. The van der Waals surface area contributed by atoms with Crippen LogP contribution in [0.5, 0.6) is 0 Å². The Morgan fingerprint density at radius 1 is 1.19 bits per heavy atom. The summed E-state index contributed by atoms with van der Waals surface area (Å²) in [5, 5.41) is 3.70. The molecule has 8 heteroatoms. The Morgan fingerprint density at radius 2 is 1.90 bits per heavy atom. The Kier molecular flexibility index (Phi) is 4.92. The SMILES string of the molecule is NCc1ccc(-c2nc(CCOCC(F)(F)F)no2)cc1. The third-order valence-corrected chi connectivity index (χ3v) is 2.64. The van der Waals surface area contributed by atoms with E-state index in [1.165, 1.54) is 0 Å². The minimum Gasteiger partial charge on any atom is -0.372 e. The van der Waals surface area contributed by atoms with Crippen molar-refractivity contribution < 1.29 is 22.4 Å². The third-order valence-electron chi connectivity index (χ3n) is 2.64. The molecule has 2 N–H and O–H groups in total. The molecular weight excluding hydrogens is 287 g/mol. The monoisotopic (exact) mass is 301 g/mol. The van der Waals surface area contributed by atoms with Gasteiger partial charge >= 0.3 is 6.18 Å². The second kappa shape index (κ2) is 6.68. The number of nitrogens with two attached hydrogens (primary N) is 1. The van der Waals surface area contributed by atoms with E-state index in [4.69, 9.17) is 10.3 Å². The number of halogens is 3. The Morgan fingerprint density at radius 3 is 2.52 bits per heavy atom. The summed E-state index contributed by atoms with van der Waals surface area (Å²) in [6, 6.07) is 7.26. The molecule has 1 aromatic carbocycles. The Balaban J connectivity index is 1.88. The maximum Gasteiger partial charge on any atom is 0.411 e. The van der Waals surface area contributed by atoms with Crippen molar-refractivity contribution in [3.05, 3.63) is 35.7 Å². The first kappa shape index (κ1) is 15.5. The van der Waals surface area contributed by atoms with Gasteiger partial charge in [-0.05, 0) is 17.7 Å². The van der Waals surface area contributed by atoms with Crippen LogP contribution in [0.4, 0.5) is 13.2 Å². The molecule has 0 aliphatic heterocycles. The van der Waals surface area contributed by atoms with Gasteiger partial charge in [-0.1, -0.05) is 17.3 Å². The highest BCUT2D eigenvalue weighted by atomic mass is 19.4. The fraction of sp³-hybridized carbons (Fsp3) is 0.385. The number of aromatic nitrogens is 2. The molecule has 0 aliphatic carbocycles. The molecule has 0 spiro atoms. The van der Waals surface area contributed by atoms with E-state index < -0.39 is 12.8 Å². The smallest absolute Gasteiger partial charge is 0.372 e. The van der Waals surface area contributed by atoms with E-state index in [-0.39, 0.29) is 13.0 Å². The topological polar surface area (TPSA) is 74.2 Å². The van der Waals surface area contributed by atoms with E-state index in [1.54, 1.807) is 12.1 Å². The molecule has 2 aromatic rings. The zero-order chi connectivity index (χ0) is 15.3. The van der Waals surface area contributed by atoms with Crippen LogP contribution in [0, 0.1) is 0 Å². The highest BCUT2D eigenvalue weighted by molar-refractivity contribution is 5.53. The standard InChI is InChI=1S/C13H14F3N3O2/c14-13(15,16)8-20-6-5-11-18-12(21-19-11)10-3-1-9(7-17)2-4-10/h1-4H,5-8,17H2. The molecule has 5 nitrogen and oxygen atoms in total. The summed E-state index contributed by atoms with van der Waals surface area (Å²) in [7, 11) is 0. The molecule has 1 aromatic heterocycles. The summed E-state index contributed by atoms with van der Waals surface area (Å²) >= 11 is 0. The molecule has 0 amide bonds. The quantitative estimate of drug-likeness (QED) is 0.829. The third kappa shape index (κ3) is 4.83. The predicted octanol–water partition coefficient (Wildman–Crippen LogP) is 2.32. The molecule has 21 heavy (non-hydrogen) atoms. The Bertz CT molecular complexity index is 567. The fourth-order valence-corrected chi connectivity index (χ4v) is 1.61. The van der Waals surface area contributed by atoms with E-state index in [9.17, 15) is 13.2 Å². The molecule has 0 fully saturated rings. The van der Waals surface area contributed by atoms with Gasteiger partial charge in [0, 0.05) is 18.5 Å². The normalized spacial score (nSPS) is 11.8. The fourth-order valence-electron chi connectivity index (χ4n) is 1.61. The van der Waals surface area contributed by atoms with Gasteiger partial charge < -0.3 is 15.0 Å². The van der Waals surface area contributed by atoms with Gasteiger partial charge in [0.2, 0.25) is 0 Å². The molecule has 0 radical (unpaired) electrons. The number of nitrogens with zero attached hydrogens (tertiary/aromatic N) is 2. The molecule has 0 saturated heterocycles. The largest absolute Gasteiger partial charge is 0.411 e. The van der Waals surface area contributed by atoms with E-state index >= 15 is 0 Å². The summed E-state index contributed by atoms with van der Waals surface area (Å²) in [6.45, 7) is -0.964. The van der Waals surface area contributed by atoms with Crippen molar-refractivity contribution in [3.8, 4) is 11.5 Å². The highest BCUT2D eigenvalue weighted by Gasteiger charge is 2.27. The lowest BCUT2D eigenvalue weighted by molar-refractivity contribution is -0.173. The van der Waals surface area contributed by atoms with Gasteiger partial charge in [-0.3, -0.25) is 0 Å². The van der Waals surface area contributed by atoms with Gasteiger partial charge in [0.15, 0.2) is 5.82 Å². The number of benzene rings is 1. The van der Waals surface area contributed by atoms with Crippen molar-refractivity contribution in [1.82, 2.24) is 10.1 Å². The molecule has 2 rings (SSSR count). The van der Waals surface area contributed by atoms with Crippen molar-refractivity contribution in [2.75, 3.05) is 13.2 Å². The van der Waals surface area contributed by atoms with Crippen LogP contribution < -0.4 is 5.73 Å². The first-order chi connectivity index (χ1) is 9.98. The zero-order valence-corrected chi connectivity index (χ0v) is 11.1.